The van der Waals surface area contributed by atoms with Crippen LogP contribution in [0.25, 0.3) is 0 Å². The third-order valence-electron chi connectivity index (χ3n) is 3.65. The summed E-state index contributed by atoms with van der Waals surface area (Å²) in [5.41, 5.74) is 4.30. The number of hydrogen-bond acceptors (Lipinski definition) is 3. The third kappa shape index (κ3) is 2.36. The van der Waals surface area contributed by atoms with Crippen LogP contribution in [0, 0.1) is 6.92 Å². The van der Waals surface area contributed by atoms with Gasteiger partial charge in [-0.2, -0.15) is 5.10 Å². The normalized spacial score (nSPS) is 17.5. The Labute approximate surface area is 112 Å². The summed E-state index contributed by atoms with van der Waals surface area (Å²) in [6, 6.07) is 7.96. The lowest BCUT2D eigenvalue weighted by Crippen LogP contribution is -2.03. The lowest BCUT2D eigenvalue weighted by atomic mass is 10.1. The van der Waals surface area contributed by atoms with Crippen LogP contribution in [0.2, 0.25) is 0 Å². The van der Waals surface area contributed by atoms with Crippen LogP contribution < -0.4 is 4.74 Å². The number of aliphatic hydroxyl groups excluding tert-OH is 1. The van der Waals surface area contributed by atoms with Crippen molar-refractivity contribution in [1.29, 1.82) is 0 Å². The number of ether oxygens (including phenoxy) is 1. The predicted octanol–water partition coefficient (Wildman–Crippen LogP) is 2.29. The molecule has 0 saturated heterocycles. The smallest absolute Gasteiger partial charge is 0.130 e. The van der Waals surface area contributed by atoms with Crippen LogP contribution in [0.5, 0.6) is 5.75 Å². The molecule has 1 N–H and O–H groups in total. The molecule has 1 aromatic heterocycles. The summed E-state index contributed by atoms with van der Waals surface area (Å²) in [4.78, 5) is 0. The number of hydrogen-bond donors (Lipinski definition) is 1. The van der Waals surface area contributed by atoms with Crippen molar-refractivity contribution in [3.63, 3.8) is 0 Å². The molecule has 1 aliphatic carbocycles. The van der Waals surface area contributed by atoms with E-state index in [1.807, 2.05) is 42.9 Å². The first-order valence-electron chi connectivity index (χ1n) is 6.56. The van der Waals surface area contributed by atoms with Crippen LogP contribution in [0.15, 0.2) is 24.3 Å². The standard InChI is InChI=1S/C15H18N2O2/c1-10-7-12(17(2)16-10)9-19-13-4-5-14-11(8-13)3-6-15(14)18/h4-5,7-8,15,18H,3,6,9H2,1-2H3/t15-/m1/s1. The van der Waals surface area contributed by atoms with Crippen LogP contribution in [-0.4, -0.2) is 14.9 Å². The Hall–Kier alpha value is -1.81. The Balaban J connectivity index is 1.73. The summed E-state index contributed by atoms with van der Waals surface area (Å²) in [6.45, 7) is 2.49. The number of aryl methyl sites for hydroxylation is 3. The minimum absolute atomic E-state index is 0.302. The molecule has 0 amide bonds. The monoisotopic (exact) mass is 258 g/mol. The minimum atomic E-state index is -0.302. The van der Waals surface area contributed by atoms with Crippen molar-refractivity contribution in [1.82, 2.24) is 9.78 Å². The number of nitrogens with zero attached hydrogens (tertiary/aromatic N) is 2. The van der Waals surface area contributed by atoms with Crippen molar-refractivity contribution in [2.24, 2.45) is 7.05 Å². The van der Waals surface area contributed by atoms with E-state index in [9.17, 15) is 5.11 Å². The molecule has 1 heterocycles. The average molecular weight is 258 g/mol. The molecule has 2 aromatic rings. The lowest BCUT2D eigenvalue weighted by Gasteiger charge is -2.09. The molecule has 100 valence electrons. The lowest BCUT2D eigenvalue weighted by molar-refractivity contribution is 0.180. The van der Waals surface area contributed by atoms with E-state index in [2.05, 4.69) is 5.10 Å². The Kier molecular flexibility index (Phi) is 3.03. The molecule has 1 atom stereocenters. The first kappa shape index (κ1) is 12.2. The van der Waals surface area contributed by atoms with Crippen LogP contribution in [0.3, 0.4) is 0 Å². The fourth-order valence-electron chi connectivity index (χ4n) is 2.62. The van der Waals surface area contributed by atoms with Gasteiger partial charge < -0.3 is 9.84 Å². The van der Waals surface area contributed by atoms with Gasteiger partial charge in [-0.3, -0.25) is 4.68 Å². The second-order valence-corrected chi connectivity index (χ2v) is 5.10. The van der Waals surface area contributed by atoms with E-state index in [0.717, 1.165) is 35.5 Å². The number of fused-ring (bicyclic) bond motifs is 1. The van der Waals surface area contributed by atoms with Gasteiger partial charge in [0.2, 0.25) is 0 Å². The number of aliphatic hydroxyl groups is 1. The molecule has 19 heavy (non-hydrogen) atoms. The maximum Gasteiger partial charge on any atom is 0.130 e. The predicted molar refractivity (Wildman–Crippen MR) is 72.0 cm³/mol. The molecule has 0 bridgehead atoms. The zero-order chi connectivity index (χ0) is 13.4. The van der Waals surface area contributed by atoms with E-state index < -0.39 is 0 Å². The molecule has 0 radical (unpaired) electrons. The van der Waals surface area contributed by atoms with Gasteiger partial charge in [0.05, 0.1) is 17.5 Å². The van der Waals surface area contributed by atoms with Crippen molar-refractivity contribution in [2.45, 2.75) is 32.5 Å². The highest BCUT2D eigenvalue weighted by Crippen LogP contribution is 2.33. The molecular weight excluding hydrogens is 240 g/mol. The molecular formula is C15H18N2O2. The van der Waals surface area contributed by atoms with Crippen molar-refractivity contribution >= 4 is 0 Å². The minimum Gasteiger partial charge on any atom is -0.487 e. The zero-order valence-electron chi connectivity index (χ0n) is 11.3. The summed E-state index contributed by atoms with van der Waals surface area (Å²) >= 11 is 0. The van der Waals surface area contributed by atoms with E-state index in [4.69, 9.17) is 4.74 Å². The zero-order valence-corrected chi connectivity index (χ0v) is 11.3. The molecule has 0 spiro atoms. The summed E-state index contributed by atoms with van der Waals surface area (Å²) in [6.07, 6.45) is 1.45. The largest absolute Gasteiger partial charge is 0.487 e. The second-order valence-electron chi connectivity index (χ2n) is 5.10. The Bertz CT molecular complexity index is 604. The third-order valence-corrected chi connectivity index (χ3v) is 3.65. The van der Waals surface area contributed by atoms with E-state index in [0.29, 0.717) is 6.61 Å². The molecule has 1 aromatic carbocycles. The maximum atomic E-state index is 9.77. The highest BCUT2D eigenvalue weighted by atomic mass is 16.5. The first-order chi connectivity index (χ1) is 9.13. The second kappa shape index (κ2) is 4.70. The van der Waals surface area contributed by atoms with Gasteiger partial charge in [0.25, 0.3) is 0 Å². The van der Waals surface area contributed by atoms with Crippen molar-refractivity contribution < 1.29 is 9.84 Å². The fourth-order valence-corrected chi connectivity index (χ4v) is 2.62. The Morgan fingerprint density at radius 3 is 3.00 bits per heavy atom. The quantitative estimate of drug-likeness (QED) is 0.918. The molecule has 4 heteroatoms. The van der Waals surface area contributed by atoms with Crippen molar-refractivity contribution in [2.75, 3.05) is 0 Å². The van der Waals surface area contributed by atoms with Gasteiger partial charge in [0.15, 0.2) is 0 Å². The van der Waals surface area contributed by atoms with E-state index in [1.165, 1.54) is 5.56 Å². The molecule has 4 nitrogen and oxygen atoms in total. The summed E-state index contributed by atoms with van der Waals surface area (Å²) < 4.78 is 7.64. The van der Waals surface area contributed by atoms with Gasteiger partial charge in [-0.1, -0.05) is 6.07 Å². The van der Waals surface area contributed by atoms with Gasteiger partial charge >= 0.3 is 0 Å². The van der Waals surface area contributed by atoms with Gasteiger partial charge in [-0.25, -0.2) is 0 Å². The SMILES string of the molecule is Cc1cc(COc2ccc3c(c2)CC[C@H]3O)n(C)n1. The van der Waals surface area contributed by atoms with Crippen LogP contribution in [0.1, 0.15) is 35.0 Å². The molecule has 0 fully saturated rings. The van der Waals surface area contributed by atoms with Gasteiger partial charge in [-0.05, 0) is 49.1 Å². The Morgan fingerprint density at radius 1 is 1.42 bits per heavy atom. The van der Waals surface area contributed by atoms with Crippen molar-refractivity contribution in [3.05, 3.63) is 46.8 Å². The molecule has 0 unspecified atom stereocenters. The molecule has 0 aliphatic heterocycles. The first-order valence-corrected chi connectivity index (χ1v) is 6.56. The molecule has 1 aliphatic rings. The summed E-state index contributed by atoms with van der Waals surface area (Å²) in [7, 11) is 1.92. The number of rotatable bonds is 3. The highest BCUT2D eigenvalue weighted by molar-refractivity contribution is 5.39. The van der Waals surface area contributed by atoms with Crippen LogP contribution in [0.4, 0.5) is 0 Å². The average Bonchev–Trinajstić information content (AvgIpc) is 2.90. The van der Waals surface area contributed by atoms with E-state index in [1.54, 1.807) is 0 Å². The molecule has 0 saturated carbocycles. The maximum absolute atomic E-state index is 9.77. The van der Waals surface area contributed by atoms with E-state index >= 15 is 0 Å². The summed E-state index contributed by atoms with van der Waals surface area (Å²) in [5.74, 6) is 0.853. The van der Waals surface area contributed by atoms with Gasteiger partial charge in [-0.15, -0.1) is 0 Å². The van der Waals surface area contributed by atoms with Crippen LogP contribution in [-0.2, 0) is 20.1 Å². The number of benzene rings is 1. The van der Waals surface area contributed by atoms with Gasteiger partial charge in [0.1, 0.15) is 12.4 Å². The van der Waals surface area contributed by atoms with Crippen molar-refractivity contribution in [3.8, 4) is 5.75 Å². The topological polar surface area (TPSA) is 47.3 Å². The number of aromatic nitrogens is 2. The van der Waals surface area contributed by atoms with E-state index in [-0.39, 0.29) is 6.10 Å². The van der Waals surface area contributed by atoms with Gasteiger partial charge in [0, 0.05) is 7.05 Å². The highest BCUT2D eigenvalue weighted by Gasteiger charge is 2.20. The van der Waals surface area contributed by atoms with Crippen LogP contribution >= 0.6 is 0 Å². The summed E-state index contributed by atoms with van der Waals surface area (Å²) in [5, 5.41) is 14.1. The Morgan fingerprint density at radius 2 is 2.26 bits per heavy atom. The molecule has 3 rings (SSSR count). The fraction of sp³-hybridized carbons (Fsp3) is 0.400.